The monoisotopic (exact) mass is 318 g/mol. The van der Waals surface area contributed by atoms with Crippen LogP contribution in [0.15, 0.2) is 24.3 Å². The van der Waals surface area contributed by atoms with E-state index in [9.17, 15) is 14.4 Å². The highest BCUT2D eigenvalue weighted by atomic mass is 16.4. The smallest absolute Gasteiger partial charge is 0.335 e. The predicted molar refractivity (Wildman–Crippen MR) is 84.8 cm³/mol. The fourth-order valence-electron chi connectivity index (χ4n) is 2.83. The molecule has 1 saturated heterocycles. The van der Waals surface area contributed by atoms with Gasteiger partial charge in [0.2, 0.25) is 11.8 Å². The number of carboxylic acid groups (broad SMARTS) is 1. The molecule has 124 valence electrons. The second-order valence-corrected chi connectivity index (χ2v) is 6.10. The molecule has 2 N–H and O–H groups in total. The van der Waals surface area contributed by atoms with Crippen LogP contribution in [0, 0.1) is 5.92 Å². The van der Waals surface area contributed by atoms with Crippen LogP contribution in [0.5, 0.6) is 0 Å². The maximum atomic E-state index is 12.5. The summed E-state index contributed by atoms with van der Waals surface area (Å²) in [5.41, 5.74) is 1.03. The number of nitrogens with one attached hydrogen (secondary N) is 1. The number of aromatic carboxylic acids is 1. The molecule has 2 rings (SSSR count). The zero-order valence-electron chi connectivity index (χ0n) is 13.4. The lowest BCUT2D eigenvalue weighted by Crippen LogP contribution is -2.50. The highest BCUT2D eigenvalue weighted by molar-refractivity contribution is 5.89. The van der Waals surface area contributed by atoms with Crippen LogP contribution in [-0.4, -0.2) is 40.4 Å². The Kier molecular flexibility index (Phi) is 5.36. The van der Waals surface area contributed by atoms with E-state index in [0.717, 1.165) is 12.0 Å². The van der Waals surface area contributed by atoms with Crippen molar-refractivity contribution in [2.45, 2.75) is 39.3 Å². The van der Waals surface area contributed by atoms with Crippen LogP contribution in [0.2, 0.25) is 0 Å². The number of amides is 2. The molecule has 6 nitrogen and oxygen atoms in total. The molecule has 1 atom stereocenters. The minimum absolute atomic E-state index is 0.0321. The van der Waals surface area contributed by atoms with E-state index < -0.39 is 12.0 Å². The van der Waals surface area contributed by atoms with Crippen molar-refractivity contribution in [2.75, 3.05) is 6.54 Å². The topological polar surface area (TPSA) is 86.7 Å². The first-order chi connectivity index (χ1) is 10.9. The Hall–Kier alpha value is -2.37. The molecule has 1 fully saturated rings. The molecule has 1 aromatic carbocycles. The summed E-state index contributed by atoms with van der Waals surface area (Å²) in [6.07, 6.45) is 1.30. The summed E-state index contributed by atoms with van der Waals surface area (Å²) >= 11 is 0. The fraction of sp³-hybridized carbons (Fsp3) is 0.471. The first-order valence-electron chi connectivity index (χ1n) is 7.79. The Morgan fingerprint density at radius 3 is 2.39 bits per heavy atom. The van der Waals surface area contributed by atoms with Gasteiger partial charge in [-0.3, -0.25) is 9.59 Å². The lowest BCUT2D eigenvalue weighted by Gasteiger charge is -2.29. The van der Waals surface area contributed by atoms with Crippen molar-refractivity contribution >= 4 is 17.8 Å². The van der Waals surface area contributed by atoms with Gasteiger partial charge in [0.1, 0.15) is 6.04 Å². The third-order valence-electron chi connectivity index (χ3n) is 4.01. The Morgan fingerprint density at radius 2 is 1.91 bits per heavy atom. The molecule has 0 saturated carbocycles. The molecule has 0 aliphatic carbocycles. The highest BCUT2D eigenvalue weighted by Gasteiger charge is 2.34. The molecule has 1 heterocycles. The van der Waals surface area contributed by atoms with Crippen molar-refractivity contribution in [2.24, 2.45) is 5.92 Å². The minimum atomic E-state index is -0.979. The molecule has 1 aromatic rings. The van der Waals surface area contributed by atoms with Crippen molar-refractivity contribution in [1.29, 1.82) is 0 Å². The molecule has 0 bridgehead atoms. The number of carbonyl (C=O) groups excluding carboxylic acids is 2. The van der Waals surface area contributed by atoms with Gasteiger partial charge in [0.15, 0.2) is 0 Å². The number of carbonyl (C=O) groups is 3. The largest absolute Gasteiger partial charge is 0.478 e. The van der Waals surface area contributed by atoms with E-state index in [4.69, 9.17) is 5.11 Å². The van der Waals surface area contributed by atoms with Gasteiger partial charge >= 0.3 is 5.97 Å². The minimum Gasteiger partial charge on any atom is -0.478 e. The molecule has 23 heavy (non-hydrogen) atoms. The van der Waals surface area contributed by atoms with Crippen molar-refractivity contribution in [3.05, 3.63) is 35.4 Å². The van der Waals surface area contributed by atoms with E-state index in [1.807, 2.05) is 13.8 Å². The van der Waals surface area contributed by atoms with Gasteiger partial charge in [0.05, 0.1) is 5.56 Å². The second-order valence-electron chi connectivity index (χ2n) is 6.10. The van der Waals surface area contributed by atoms with E-state index in [0.29, 0.717) is 19.5 Å². The zero-order valence-corrected chi connectivity index (χ0v) is 13.4. The van der Waals surface area contributed by atoms with Crippen molar-refractivity contribution in [1.82, 2.24) is 10.2 Å². The first-order valence-corrected chi connectivity index (χ1v) is 7.79. The third-order valence-corrected chi connectivity index (χ3v) is 4.01. The standard InChI is InChI=1S/C17H22N2O4/c1-11(2)15(19-9-3-4-14(19)20)16(21)18-10-12-5-7-13(8-6-12)17(22)23/h5-8,11,15H,3-4,9-10H2,1-2H3,(H,18,21)(H,22,23). The van der Waals surface area contributed by atoms with Crippen molar-refractivity contribution in [3.63, 3.8) is 0 Å². The van der Waals surface area contributed by atoms with Gasteiger partial charge in [-0.05, 0) is 30.0 Å². The number of hydrogen-bond acceptors (Lipinski definition) is 3. The summed E-state index contributed by atoms with van der Waals surface area (Å²) in [6, 6.07) is 5.91. The van der Waals surface area contributed by atoms with Crippen LogP contribution in [0.25, 0.3) is 0 Å². The lowest BCUT2D eigenvalue weighted by molar-refractivity contribution is -0.139. The maximum absolute atomic E-state index is 12.5. The molecule has 0 radical (unpaired) electrons. The fourth-order valence-corrected chi connectivity index (χ4v) is 2.83. The summed E-state index contributed by atoms with van der Waals surface area (Å²) in [5.74, 6) is -1.08. The van der Waals surface area contributed by atoms with E-state index in [2.05, 4.69) is 5.32 Å². The van der Waals surface area contributed by atoms with Crippen LogP contribution < -0.4 is 5.32 Å². The van der Waals surface area contributed by atoms with E-state index in [1.54, 1.807) is 17.0 Å². The number of hydrogen-bond donors (Lipinski definition) is 2. The highest BCUT2D eigenvalue weighted by Crippen LogP contribution is 2.19. The van der Waals surface area contributed by atoms with Crippen LogP contribution in [0.1, 0.15) is 42.6 Å². The lowest BCUT2D eigenvalue weighted by atomic mass is 10.0. The van der Waals surface area contributed by atoms with Gasteiger partial charge in [-0.15, -0.1) is 0 Å². The molecule has 0 spiro atoms. The Labute approximate surface area is 135 Å². The number of likely N-dealkylation sites (tertiary alicyclic amines) is 1. The zero-order chi connectivity index (χ0) is 17.0. The second kappa shape index (κ2) is 7.26. The number of rotatable bonds is 6. The molecule has 2 amide bonds. The molecule has 6 heteroatoms. The Balaban J connectivity index is 1.98. The van der Waals surface area contributed by atoms with Crippen LogP contribution >= 0.6 is 0 Å². The average Bonchev–Trinajstić information content (AvgIpc) is 2.91. The third kappa shape index (κ3) is 4.09. The van der Waals surface area contributed by atoms with Crippen molar-refractivity contribution < 1.29 is 19.5 Å². The van der Waals surface area contributed by atoms with E-state index >= 15 is 0 Å². The summed E-state index contributed by atoms with van der Waals surface area (Å²) in [7, 11) is 0. The normalized spacial score (nSPS) is 15.8. The summed E-state index contributed by atoms with van der Waals surface area (Å²) in [4.78, 5) is 36.8. The quantitative estimate of drug-likeness (QED) is 0.835. The predicted octanol–water partition coefficient (Wildman–Crippen LogP) is 1.65. The number of carboxylic acids is 1. The average molecular weight is 318 g/mol. The van der Waals surface area contributed by atoms with Crippen LogP contribution in [0.3, 0.4) is 0 Å². The van der Waals surface area contributed by atoms with Gasteiger partial charge < -0.3 is 15.3 Å². The summed E-state index contributed by atoms with van der Waals surface area (Å²) in [6.45, 7) is 4.79. The van der Waals surface area contributed by atoms with Crippen LogP contribution in [-0.2, 0) is 16.1 Å². The number of nitrogens with zero attached hydrogens (tertiary/aromatic N) is 1. The molecule has 1 aliphatic rings. The Morgan fingerprint density at radius 1 is 1.26 bits per heavy atom. The van der Waals surface area contributed by atoms with E-state index in [1.165, 1.54) is 12.1 Å². The van der Waals surface area contributed by atoms with Gasteiger partial charge in [-0.2, -0.15) is 0 Å². The first kappa shape index (κ1) is 17.0. The number of benzene rings is 1. The SMILES string of the molecule is CC(C)C(C(=O)NCc1ccc(C(=O)O)cc1)N1CCCC1=O. The summed E-state index contributed by atoms with van der Waals surface area (Å²) in [5, 5.41) is 11.7. The maximum Gasteiger partial charge on any atom is 0.335 e. The van der Waals surface area contributed by atoms with Gasteiger partial charge in [0, 0.05) is 19.5 Å². The van der Waals surface area contributed by atoms with Crippen LogP contribution in [0.4, 0.5) is 0 Å². The van der Waals surface area contributed by atoms with Crippen molar-refractivity contribution in [3.8, 4) is 0 Å². The molecular formula is C17H22N2O4. The van der Waals surface area contributed by atoms with Gasteiger partial charge in [-0.25, -0.2) is 4.79 Å². The Bertz CT molecular complexity index is 595. The molecular weight excluding hydrogens is 296 g/mol. The van der Waals surface area contributed by atoms with Gasteiger partial charge in [0.25, 0.3) is 0 Å². The van der Waals surface area contributed by atoms with Gasteiger partial charge in [-0.1, -0.05) is 26.0 Å². The molecule has 1 unspecified atom stereocenters. The van der Waals surface area contributed by atoms with E-state index in [-0.39, 0.29) is 23.3 Å². The molecule has 1 aliphatic heterocycles. The molecule has 0 aromatic heterocycles. The summed E-state index contributed by atoms with van der Waals surface area (Å²) < 4.78 is 0.